The quantitative estimate of drug-likeness (QED) is 0.248. The summed E-state index contributed by atoms with van der Waals surface area (Å²) in [6.45, 7) is 20.9. The van der Waals surface area contributed by atoms with Gasteiger partial charge in [-0.05, 0) is 75.9 Å². The Balaban J connectivity index is 1.62. The fraction of sp³-hybridized carbons (Fsp3) is 0.769. The van der Waals surface area contributed by atoms with Crippen LogP contribution >= 0.6 is 17.1 Å². The molecule has 39 heavy (non-hydrogen) atoms. The van der Waals surface area contributed by atoms with Gasteiger partial charge >= 0.3 is 5.69 Å². The van der Waals surface area contributed by atoms with Crippen molar-refractivity contribution in [3.05, 3.63) is 44.8 Å². The molecule has 0 unspecified atom stereocenters. The Morgan fingerprint density at radius 3 is 2.69 bits per heavy atom. The van der Waals surface area contributed by atoms with Gasteiger partial charge in [0.1, 0.15) is 18.3 Å². The van der Waals surface area contributed by atoms with Crippen molar-refractivity contribution in [1.29, 1.82) is 0 Å². The van der Waals surface area contributed by atoms with E-state index in [1.807, 2.05) is 0 Å². The Labute approximate surface area is 241 Å². The van der Waals surface area contributed by atoms with E-state index in [9.17, 15) is 14.7 Å². The molecular weight excluding hydrogens is 575 g/mol. The summed E-state index contributed by atoms with van der Waals surface area (Å²) in [6.07, 6.45) is 0.270. The summed E-state index contributed by atoms with van der Waals surface area (Å²) in [5, 5.41) is 11.5. The van der Waals surface area contributed by atoms with E-state index in [0.29, 0.717) is 11.5 Å². The zero-order valence-corrected chi connectivity index (χ0v) is 27.7. The molecule has 0 amide bonds. The molecule has 220 valence electrons. The molecule has 0 bridgehead atoms. The summed E-state index contributed by atoms with van der Waals surface area (Å²) >= 11 is 7.60. The minimum absolute atomic E-state index is 0.0340. The second-order valence-electron chi connectivity index (χ2n) is 12.9. The highest BCUT2D eigenvalue weighted by Gasteiger charge is 2.57. The highest BCUT2D eigenvalue weighted by molar-refractivity contribution is 8.68. The standard InChI is InChI=1S/C26H43N2O7PS2Si/c1-15(2)17-10-11-26(7)19(12-17)34-36(37,38-26)35-21-18(14-32-39(8,9)25(4,5)6)33-23(20(21)29)28-13-16(3)22(30)27-24(28)31/h13,17-21,23,29H,1,10-12,14H2,2-9H3,(H,27,30,31)/t17-,18-,19+,20-,21-,23-,26+,36-/m1/s1. The molecule has 3 heterocycles. The van der Waals surface area contributed by atoms with E-state index in [1.54, 1.807) is 18.3 Å². The van der Waals surface area contributed by atoms with Crippen molar-refractivity contribution >= 4 is 37.2 Å². The largest absolute Gasteiger partial charge is 0.414 e. The summed E-state index contributed by atoms with van der Waals surface area (Å²) in [5.41, 5.74) is -2.54. The van der Waals surface area contributed by atoms with Crippen molar-refractivity contribution < 1.29 is 23.3 Å². The number of fused-ring (bicyclic) bond motifs is 1. The number of aliphatic hydroxyl groups is 1. The van der Waals surface area contributed by atoms with Gasteiger partial charge in [-0.3, -0.25) is 14.3 Å². The number of nitrogens with one attached hydrogen (secondary N) is 1. The van der Waals surface area contributed by atoms with Crippen LogP contribution in [-0.2, 0) is 30.0 Å². The zero-order chi connectivity index (χ0) is 29.1. The molecular formula is C26H43N2O7PS2Si. The lowest BCUT2D eigenvalue weighted by Gasteiger charge is -2.37. The second kappa shape index (κ2) is 10.9. The smallest absolute Gasteiger partial charge is 0.330 e. The van der Waals surface area contributed by atoms with Crippen molar-refractivity contribution in [2.45, 2.75) is 114 Å². The van der Waals surface area contributed by atoms with Gasteiger partial charge in [0, 0.05) is 16.5 Å². The Bertz CT molecular complexity index is 1280. The molecule has 1 aromatic rings. The number of aromatic nitrogens is 2. The van der Waals surface area contributed by atoms with E-state index in [-0.39, 0.29) is 22.5 Å². The normalized spacial score (nSPS) is 37.2. The SMILES string of the molecule is C=C(C)[C@@H]1CC[C@]2(C)S[P@@](=S)(O[C@H]3[C@@H](O)[C@H](n4cc(C)c(=O)[nH]c4=O)O[C@@H]3CO[Si](C)(C)C(C)(C)C)O[C@H]2C1. The third kappa shape index (κ3) is 6.29. The van der Waals surface area contributed by atoms with E-state index in [4.69, 9.17) is 30.0 Å². The first-order valence-electron chi connectivity index (χ1n) is 13.5. The lowest BCUT2D eigenvalue weighted by molar-refractivity contribution is -0.0528. The van der Waals surface area contributed by atoms with Crippen LogP contribution in [0.5, 0.6) is 0 Å². The van der Waals surface area contributed by atoms with Crippen LogP contribution in [0.4, 0.5) is 0 Å². The Morgan fingerprint density at radius 2 is 2.08 bits per heavy atom. The molecule has 8 atom stereocenters. The van der Waals surface area contributed by atoms with Crippen molar-refractivity contribution in [2.75, 3.05) is 6.61 Å². The summed E-state index contributed by atoms with van der Waals surface area (Å²) in [4.78, 5) is 27.0. The van der Waals surface area contributed by atoms with Gasteiger partial charge in [-0.2, -0.15) is 0 Å². The van der Waals surface area contributed by atoms with Gasteiger partial charge in [0.15, 0.2) is 14.5 Å². The van der Waals surface area contributed by atoms with Crippen LogP contribution in [0.1, 0.15) is 65.7 Å². The van der Waals surface area contributed by atoms with Crippen LogP contribution in [0.15, 0.2) is 27.9 Å². The van der Waals surface area contributed by atoms with E-state index >= 15 is 0 Å². The van der Waals surface area contributed by atoms with Crippen LogP contribution in [0.2, 0.25) is 18.1 Å². The van der Waals surface area contributed by atoms with Crippen molar-refractivity contribution in [3.8, 4) is 0 Å². The van der Waals surface area contributed by atoms with Gasteiger partial charge in [-0.15, -0.1) is 0 Å². The van der Waals surface area contributed by atoms with Gasteiger partial charge < -0.3 is 23.3 Å². The van der Waals surface area contributed by atoms with Crippen LogP contribution in [0.25, 0.3) is 0 Å². The summed E-state index contributed by atoms with van der Waals surface area (Å²) in [5.74, 6) is 0.385. The first-order valence-corrected chi connectivity index (χ1v) is 20.5. The van der Waals surface area contributed by atoms with Crippen LogP contribution in [-0.4, -0.2) is 58.7 Å². The average molecular weight is 619 g/mol. The first kappa shape index (κ1) is 31.4. The van der Waals surface area contributed by atoms with Gasteiger partial charge in [0.05, 0.1) is 12.7 Å². The number of hydrogen-bond donors (Lipinski definition) is 2. The third-order valence-corrected chi connectivity index (χ3v) is 19.1. The highest BCUT2D eigenvalue weighted by atomic mass is 32.9. The molecule has 0 aromatic carbocycles. The minimum atomic E-state index is -2.87. The number of aromatic amines is 1. The summed E-state index contributed by atoms with van der Waals surface area (Å²) in [6, 6.07) is 0. The van der Waals surface area contributed by atoms with Gasteiger partial charge in [-0.1, -0.05) is 44.3 Å². The molecule has 1 aliphatic carbocycles. The predicted molar refractivity (Wildman–Crippen MR) is 161 cm³/mol. The molecule has 4 rings (SSSR count). The summed E-state index contributed by atoms with van der Waals surface area (Å²) in [7, 11) is -2.17. The molecule has 13 heteroatoms. The van der Waals surface area contributed by atoms with E-state index in [0.717, 1.165) is 24.8 Å². The second-order valence-corrected chi connectivity index (χ2v) is 24.3. The number of H-pyrrole nitrogens is 1. The number of hydrogen-bond acceptors (Lipinski definition) is 9. The van der Waals surface area contributed by atoms with Crippen molar-refractivity contribution in [3.63, 3.8) is 0 Å². The summed E-state index contributed by atoms with van der Waals surface area (Å²) < 4.78 is 26.8. The fourth-order valence-electron chi connectivity index (χ4n) is 5.08. The number of allylic oxidation sites excluding steroid dienone is 1. The van der Waals surface area contributed by atoms with Crippen molar-refractivity contribution in [1.82, 2.24) is 9.55 Å². The monoisotopic (exact) mass is 618 g/mol. The fourth-order valence-corrected chi connectivity index (χ4v) is 13.6. The Hall–Kier alpha value is -0.563. The molecule has 1 aromatic heterocycles. The predicted octanol–water partition coefficient (Wildman–Crippen LogP) is 5.00. The van der Waals surface area contributed by atoms with Crippen molar-refractivity contribution in [2.24, 2.45) is 5.92 Å². The van der Waals surface area contributed by atoms with Gasteiger partial charge in [0.2, 0.25) is 5.69 Å². The lowest BCUT2D eigenvalue weighted by Crippen LogP contribution is -2.45. The third-order valence-electron chi connectivity index (χ3n) is 8.84. The highest BCUT2D eigenvalue weighted by Crippen LogP contribution is 2.76. The van der Waals surface area contributed by atoms with Crippen LogP contribution in [0, 0.1) is 12.8 Å². The number of aliphatic hydroxyl groups excluding tert-OH is 1. The molecule has 3 aliphatic rings. The molecule has 0 spiro atoms. The number of aryl methyl sites for hydroxylation is 1. The first-order chi connectivity index (χ1) is 17.9. The minimum Gasteiger partial charge on any atom is -0.414 e. The number of ether oxygens (including phenoxy) is 1. The lowest BCUT2D eigenvalue weighted by atomic mass is 9.77. The number of nitrogens with zero attached hydrogens (tertiary/aromatic N) is 1. The average Bonchev–Trinajstić information content (AvgIpc) is 3.25. The molecule has 2 N–H and O–H groups in total. The molecule has 0 radical (unpaired) electrons. The molecule has 9 nitrogen and oxygen atoms in total. The molecule has 2 saturated heterocycles. The molecule has 2 aliphatic heterocycles. The number of rotatable bonds is 7. The maximum atomic E-state index is 12.7. The Kier molecular flexibility index (Phi) is 8.79. The molecule has 3 fully saturated rings. The maximum absolute atomic E-state index is 12.7. The van der Waals surface area contributed by atoms with E-state index < -0.39 is 49.8 Å². The zero-order valence-electron chi connectivity index (χ0n) is 24.2. The maximum Gasteiger partial charge on any atom is 0.330 e. The van der Waals surface area contributed by atoms with Crippen LogP contribution in [0.3, 0.4) is 0 Å². The molecule has 1 saturated carbocycles. The van der Waals surface area contributed by atoms with E-state index in [2.05, 4.69) is 59.3 Å². The topological polar surface area (TPSA) is 112 Å². The van der Waals surface area contributed by atoms with Crippen LogP contribution < -0.4 is 11.2 Å². The van der Waals surface area contributed by atoms with E-state index in [1.165, 1.54) is 10.8 Å². The van der Waals surface area contributed by atoms with Gasteiger partial charge in [-0.25, -0.2) is 4.79 Å². The Morgan fingerprint density at radius 1 is 1.41 bits per heavy atom. The van der Waals surface area contributed by atoms with Gasteiger partial charge in [0.25, 0.3) is 5.56 Å².